The van der Waals surface area contributed by atoms with E-state index in [0.29, 0.717) is 73.7 Å². The highest BCUT2D eigenvalue weighted by molar-refractivity contribution is 5.92. The van der Waals surface area contributed by atoms with Crippen LogP contribution in [-0.4, -0.2) is 56.3 Å². The lowest BCUT2D eigenvalue weighted by Gasteiger charge is -2.11. The summed E-state index contributed by atoms with van der Waals surface area (Å²) in [6.07, 6.45) is 4.77. The summed E-state index contributed by atoms with van der Waals surface area (Å²) < 4.78 is 37.7. The van der Waals surface area contributed by atoms with Crippen molar-refractivity contribution in [3.05, 3.63) is 139 Å². The third-order valence-corrected chi connectivity index (χ3v) is 7.47. The highest BCUT2D eigenvalue weighted by Gasteiger charge is 2.14. The molecule has 54 heavy (non-hydrogen) atoms. The highest BCUT2D eigenvalue weighted by atomic mass is 16.6. The second kappa shape index (κ2) is 21.0. The van der Waals surface area contributed by atoms with Gasteiger partial charge in [0, 0.05) is 12.2 Å². The molecule has 4 aromatic rings. The van der Waals surface area contributed by atoms with Crippen LogP contribution < -0.4 is 23.7 Å². The molecule has 0 fully saturated rings. The maximum absolute atomic E-state index is 12.8. The number of carbonyl (C=O) groups is 5. The van der Waals surface area contributed by atoms with Crippen molar-refractivity contribution in [1.29, 1.82) is 0 Å². The second-order valence-corrected chi connectivity index (χ2v) is 11.5. The van der Waals surface area contributed by atoms with Gasteiger partial charge in [-0.05, 0) is 129 Å². The smallest absolute Gasteiger partial charge is 0.343 e. The molecule has 0 aromatic heterocycles. The summed E-state index contributed by atoms with van der Waals surface area (Å²) in [6, 6.07) is 23.7. The summed E-state index contributed by atoms with van der Waals surface area (Å²) in [5.41, 5.74) is 1.54. The van der Waals surface area contributed by atoms with E-state index in [-0.39, 0.29) is 29.4 Å². The maximum Gasteiger partial charge on any atom is 0.343 e. The molecule has 0 N–H and O–H groups in total. The van der Waals surface area contributed by atoms with E-state index in [2.05, 4.69) is 13.2 Å². The van der Waals surface area contributed by atoms with Crippen molar-refractivity contribution in [2.24, 2.45) is 0 Å². The van der Waals surface area contributed by atoms with Crippen LogP contribution in [0.4, 0.5) is 0 Å². The quantitative estimate of drug-likeness (QED) is 0.0384. The van der Waals surface area contributed by atoms with E-state index in [1.165, 1.54) is 36.4 Å². The minimum atomic E-state index is -0.614. The molecule has 0 atom stereocenters. The number of carbonyl (C=O) groups excluding carboxylic acids is 5. The predicted molar refractivity (Wildman–Crippen MR) is 197 cm³/mol. The summed E-state index contributed by atoms with van der Waals surface area (Å²) >= 11 is 0. The van der Waals surface area contributed by atoms with Gasteiger partial charge in [-0.1, -0.05) is 13.2 Å². The van der Waals surface area contributed by atoms with Gasteiger partial charge in [0.15, 0.2) is 0 Å². The van der Waals surface area contributed by atoms with Crippen LogP contribution in [0, 0.1) is 6.92 Å². The van der Waals surface area contributed by atoms with E-state index in [0.717, 1.165) is 12.2 Å². The first kappa shape index (κ1) is 40.1. The topological polar surface area (TPSA) is 150 Å². The summed E-state index contributed by atoms with van der Waals surface area (Å²) in [5, 5.41) is 0. The minimum absolute atomic E-state index is 0.231. The lowest BCUT2D eigenvalue weighted by Crippen LogP contribution is -2.11. The zero-order valence-corrected chi connectivity index (χ0v) is 29.8. The Balaban J connectivity index is 1.11. The van der Waals surface area contributed by atoms with E-state index in [1.807, 2.05) is 0 Å². The molecule has 4 aromatic carbocycles. The highest BCUT2D eigenvalue weighted by Crippen LogP contribution is 2.26. The van der Waals surface area contributed by atoms with E-state index >= 15 is 0 Å². The van der Waals surface area contributed by atoms with Crippen LogP contribution in [0.15, 0.2) is 116 Å². The molecule has 0 spiro atoms. The molecule has 12 nitrogen and oxygen atoms in total. The Morgan fingerprint density at radius 2 is 0.926 bits per heavy atom. The number of aryl methyl sites for hydroxylation is 1. The average Bonchev–Trinajstić information content (AvgIpc) is 3.18. The van der Waals surface area contributed by atoms with Gasteiger partial charge in [0.1, 0.15) is 28.7 Å². The van der Waals surface area contributed by atoms with Crippen LogP contribution in [0.5, 0.6) is 28.7 Å². The number of hydrogen-bond acceptors (Lipinski definition) is 12. The van der Waals surface area contributed by atoms with Crippen molar-refractivity contribution in [2.45, 2.75) is 32.6 Å². The Morgan fingerprint density at radius 1 is 0.481 bits per heavy atom. The molecule has 0 bridgehead atoms. The lowest BCUT2D eigenvalue weighted by molar-refractivity contribution is -0.138. The van der Waals surface area contributed by atoms with Gasteiger partial charge in [0.25, 0.3) is 0 Å². The minimum Gasteiger partial charge on any atom is -0.494 e. The SMILES string of the molecule is C=CC(=O)OCCCCOc1ccc(C(=O)OCCCCOc2ccc(C(=O)Oc3ccc(OC(=O)c4ccc(OC(=O)C=C)cc4)c(C)c3)cc2)cc1. The molecule has 0 saturated carbocycles. The van der Waals surface area contributed by atoms with Gasteiger partial charge in [-0.15, -0.1) is 0 Å². The monoisotopic (exact) mass is 736 g/mol. The summed E-state index contributed by atoms with van der Waals surface area (Å²) in [7, 11) is 0. The summed E-state index contributed by atoms with van der Waals surface area (Å²) in [5.74, 6) is -0.676. The van der Waals surface area contributed by atoms with Crippen LogP contribution in [0.2, 0.25) is 0 Å². The Hall–Kier alpha value is -6.69. The standard InChI is InChI=1S/C42H40O12/c1-4-38(43)50-26-8-6-24-48-33-16-10-30(11-17-33)40(45)51-27-9-7-25-49-34-18-12-31(13-19-34)41(46)53-36-22-23-37(29(3)28-36)54-42(47)32-14-20-35(21-15-32)52-39(44)5-2/h4-5,10-23,28H,1-2,6-9,24-27H2,3H3. The van der Waals surface area contributed by atoms with Gasteiger partial charge >= 0.3 is 29.8 Å². The number of hydrogen-bond donors (Lipinski definition) is 0. The first-order valence-electron chi connectivity index (χ1n) is 17.1. The molecule has 280 valence electrons. The third-order valence-electron chi connectivity index (χ3n) is 7.47. The van der Waals surface area contributed by atoms with Crippen molar-refractivity contribution in [3.63, 3.8) is 0 Å². The number of ether oxygens (including phenoxy) is 7. The molecule has 0 unspecified atom stereocenters. The first-order chi connectivity index (χ1) is 26.1. The van der Waals surface area contributed by atoms with Crippen LogP contribution in [-0.2, 0) is 19.1 Å². The molecule has 0 aliphatic heterocycles. The third kappa shape index (κ3) is 13.1. The zero-order chi connectivity index (χ0) is 38.7. The van der Waals surface area contributed by atoms with E-state index < -0.39 is 29.8 Å². The van der Waals surface area contributed by atoms with Crippen molar-refractivity contribution in [2.75, 3.05) is 26.4 Å². The Bertz CT molecular complexity index is 1910. The fourth-order valence-corrected chi connectivity index (χ4v) is 4.58. The maximum atomic E-state index is 12.8. The van der Waals surface area contributed by atoms with E-state index in [1.54, 1.807) is 61.5 Å². The fraction of sp³-hybridized carbons (Fsp3) is 0.214. The first-order valence-corrected chi connectivity index (χ1v) is 17.1. The molecule has 12 heteroatoms. The van der Waals surface area contributed by atoms with Crippen molar-refractivity contribution < 1.29 is 57.1 Å². The van der Waals surface area contributed by atoms with Crippen LogP contribution in [0.1, 0.15) is 62.3 Å². The van der Waals surface area contributed by atoms with Crippen LogP contribution in [0.25, 0.3) is 0 Å². The van der Waals surface area contributed by atoms with E-state index in [9.17, 15) is 24.0 Å². The zero-order valence-electron chi connectivity index (χ0n) is 29.8. The van der Waals surface area contributed by atoms with Gasteiger partial charge in [0.2, 0.25) is 0 Å². The van der Waals surface area contributed by atoms with Crippen LogP contribution >= 0.6 is 0 Å². The Labute approximate surface area is 312 Å². The average molecular weight is 737 g/mol. The van der Waals surface area contributed by atoms with Gasteiger partial charge < -0.3 is 33.2 Å². The van der Waals surface area contributed by atoms with Gasteiger partial charge in [0.05, 0.1) is 43.1 Å². The number of benzene rings is 4. The molecular weight excluding hydrogens is 696 g/mol. The largest absolute Gasteiger partial charge is 0.494 e. The molecule has 0 aliphatic carbocycles. The van der Waals surface area contributed by atoms with Crippen molar-refractivity contribution in [3.8, 4) is 28.7 Å². The number of esters is 5. The molecule has 4 rings (SSSR count). The molecule has 0 aliphatic rings. The lowest BCUT2D eigenvalue weighted by atomic mass is 10.2. The molecule has 0 amide bonds. The van der Waals surface area contributed by atoms with Gasteiger partial charge in [-0.2, -0.15) is 0 Å². The van der Waals surface area contributed by atoms with Crippen molar-refractivity contribution in [1.82, 2.24) is 0 Å². The summed E-state index contributed by atoms with van der Waals surface area (Å²) in [4.78, 5) is 60.1. The van der Waals surface area contributed by atoms with Gasteiger partial charge in [-0.3, -0.25) is 0 Å². The number of unbranched alkanes of at least 4 members (excludes halogenated alkanes) is 2. The fourth-order valence-electron chi connectivity index (χ4n) is 4.58. The Kier molecular flexibility index (Phi) is 15.6. The molecular formula is C42H40O12. The van der Waals surface area contributed by atoms with E-state index in [4.69, 9.17) is 33.2 Å². The molecule has 0 heterocycles. The Morgan fingerprint density at radius 3 is 1.44 bits per heavy atom. The molecule has 0 radical (unpaired) electrons. The predicted octanol–water partition coefficient (Wildman–Crippen LogP) is 7.43. The normalized spacial score (nSPS) is 10.3. The molecule has 0 saturated heterocycles. The summed E-state index contributed by atoms with van der Waals surface area (Å²) in [6.45, 7) is 9.76. The van der Waals surface area contributed by atoms with Crippen LogP contribution in [0.3, 0.4) is 0 Å². The van der Waals surface area contributed by atoms with Gasteiger partial charge in [-0.25, -0.2) is 24.0 Å². The van der Waals surface area contributed by atoms with Crippen molar-refractivity contribution >= 4 is 29.8 Å². The second-order valence-electron chi connectivity index (χ2n) is 11.5. The number of rotatable bonds is 20.